The number of likely N-dealkylation sites (N-methyl/N-ethyl adjacent to an activating group) is 1. The van der Waals surface area contributed by atoms with Crippen molar-refractivity contribution in [2.75, 3.05) is 20.1 Å². The fraction of sp³-hybridized carbons (Fsp3) is 0.538. The maximum atomic E-state index is 12.0. The number of ketones is 1. The van der Waals surface area contributed by atoms with Crippen molar-refractivity contribution in [3.63, 3.8) is 0 Å². The molecule has 0 aliphatic heterocycles. The molecule has 19 heavy (non-hydrogen) atoms. The summed E-state index contributed by atoms with van der Waals surface area (Å²) in [5, 5.41) is 5.77. The van der Waals surface area contributed by atoms with Gasteiger partial charge in [0.15, 0.2) is 5.78 Å². The topological polar surface area (TPSA) is 74.0 Å². The van der Waals surface area contributed by atoms with Gasteiger partial charge in [-0.25, -0.2) is 0 Å². The normalized spacial score (nSPS) is 9.89. The molecule has 0 saturated heterocycles. The minimum absolute atomic E-state index is 0. The summed E-state index contributed by atoms with van der Waals surface area (Å²) in [5.74, 6) is -0.160. The molecule has 0 aromatic carbocycles. The molecule has 0 spiro atoms. The summed E-state index contributed by atoms with van der Waals surface area (Å²) in [6.45, 7) is 6.57. The number of aromatic nitrogens is 1. The van der Waals surface area contributed by atoms with Crippen molar-refractivity contribution in [1.82, 2.24) is 15.6 Å². The Balaban J connectivity index is 0.00000324. The average molecular weight is 288 g/mol. The molecule has 1 amide bonds. The van der Waals surface area contributed by atoms with E-state index in [-0.39, 0.29) is 24.1 Å². The van der Waals surface area contributed by atoms with Crippen LogP contribution in [0.3, 0.4) is 0 Å². The van der Waals surface area contributed by atoms with E-state index in [1.54, 1.807) is 0 Å². The van der Waals surface area contributed by atoms with E-state index in [0.717, 1.165) is 11.3 Å². The monoisotopic (exact) mass is 287 g/mol. The number of hydrogen-bond donors (Lipinski definition) is 3. The predicted octanol–water partition coefficient (Wildman–Crippen LogP) is 1.46. The summed E-state index contributed by atoms with van der Waals surface area (Å²) in [6, 6.07) is 0. The lowest BCUT2D eigenvalue weighted by Gasteiger charge is -2.05. The predicted molar refractivity (Wildman–Crippen MR) is 78.4 cm³/mol. The Labute approximate surface area is 120 Å². The highest BCUT2D eigenvalue weighted by Gasteiger charge is 2.20. The largest absolute Gasteiger partial charge is 0.354 e. The van der Waals surface area contributed by atoms with E-state index in [1.165, 1.54) is 6.92 Å². The quantitative estimate of drug-likeness (QED) is 0.548. The average Bonchev–Trinajstić information content (AvgIpc) is 2.66. The molecule has 6 heteroatoms. The number of halogens is 1. The van der Waals surface area contributed by atoms with Crippen LogP contribution in [0.1, 0.15) is 46.0 Å². The van der Waals surface area contributed by atoms with Gasteiger partial charge < -0.3 is 15.6 Å². The number of hydrogen-bond acceptors (Lipinski definition) is 3. The Morgan fingerprint density at radius 2 is 1.89 bits per heavy atom. The molecule has 1 aromatic rings. The minimum Gasteiger partial charge on any atom is -0.354 e. The first kappa shape index (κ1) is 17.7. The van der Waals surface area contributed by atoms with Gasteiger partial charge in [0.2, 0.25) is 0 Å². The van der Waals surface area contributed by atoms with Crippen molar-refractivity contribution in [1.29, 1.82) is 0 Å². The third-order valence-electron chi connectivity index (χ3n) is 2.88. The zero-order valence-corrected chi connectivity index (χ0v) is 12.7. The molecule has 1 heterocycles. The molecule has 1 rings (SSSR count). The standard InChI is InChI=1S/C13H21N3O2.ClH/c1-5-10-11(9(3)17)8(2)16-12(10)13(18)15-7-6-14-4;/h14,16H,5-7H2,1-4H3,(H,15,18);1H. The molecule has 108 valence electrons. The molecule has 0 fully saturated rings. The third-order valence-corrected chi connectivity index (χ3v) is 2.88. The summed E-state index contributed by atoms with van der Waals surface area (Å²) in [4.78, 5) is 26.6. The smallest absolute Gasteiger partial charge is 0.268 e. The molecule has 0 aliphatic rings. The van der Waals surface area contributed by atoms with Gasteiger partial charge in [-0.15, -0.1) is 12.4 Å². The number of aryl methyl sites for hydroxylation is 1. The first-order valence-corrected chi connectivity index (χ1v) is 6.18. The third kappa shape index (κ3) is 4.08. The van der Waals surface area contributed by atoms with Crippen LogP contribution in [0.15, 0.2) is 0 Å². The zero-order chi connectivity index (χ0) is 13.7. The van der Waals surface area contributed by atoms with E-state index in [1.807, 2.05) is 20.9 Å². The van der Waals surface area contributed by atoms with E-state index < -0.39 is 0 Å². The summed E-state index contributed by atoms with van der Waals surface area (Å²) >= 11 is 0. The highest BCUT2D eigenvalue weighted by Crippen LogP contribution is 2.20. The lowest BCUT2D eigenvalue weighted by atomic mass is 10.0. The minimum atomic E-state index is -0.155. The molecule has 0 aliphatic carbocycles. The van der Waals surface area contributed by atoms with E-state index in [2.05, 4.69) is 15.6 Å². The lowest BCUT2D eigenvalue weighted by Crippen LogP contribution is -2.31. The van der Waals surface area contributed by atoms with Crippen LogP contribution in [0.4, 0.5) is 0 Å². The molecular weight excluding hydrogens is 266 g/mol. The first-order chi connectivity index (χ1) is 8.52. The summed E-state index contributed by atoms with van der Waals surface area (Å²) < 4.78 is 0. The van der Waals surface area contributed by atoms with Gasteiger partial charge in [0.25, 0.3) is 5.91 Å². The van der Waals surface area contributed by atoms with Gasteiger partial charge in [-0.05, 0) is 32.9 Å². The van der Waals surface area contributed by atoms with Crippen molar-refractivity contribution >= 4 is 24.1 Å². The van der Waals surface area contributed by atoms with Crippen molar-refractivity contribution in [3.05, 3.63) is 22.5 Å². The number of amides is 1. The molecule has 0 saturated carbocycles. The molecule has 3 N–H and O–H groups in total. The van der Waals surface area contributed by atoms with E-state index in [9.17, 15) is 9.59 Å². The molecule has 1 aromatic heterocycles. The van der Waals surface area contributed by atoms with E-state index in [4.69, 9.17) is 0 Å². The van der Waals surface area contributed by atoms with Gasteiger partial charge in [-0.3, -0.25) is 9.59 Å². The van der Waals surface area contributed by atoms with Gasteiger partial charge in [0, 0.05) is 24.3 Å². The van der Waals surface area contributed by atoms with Crippen molar-refractivity contribution in [2.24, 2.45) is 0 Å². The van der Waals surface area contributed by atoms with Crippen LogP contribution in [0, 0.1) is 6.92 Å². The Morgan fingerprint density at radius 3 is 2.37 bits per heavy atom. The SMILES string of the molecule is CCc1c(C(=O)NCCNC)[nH]c(C)c1C(C)=O.Cl. The van der Waals surface area contributed by atoms with Gasteiger partial charge in [0.1, 0.15) is 5.69 Å². The molecular formula is C13H22ClN3O2. The summed E-state index contributed by atoms with van der Waals surface area (Å²) in [7, 11) is 1.83. The fourth-order valence-electron chi connectivity index (χ4n) is 2.09. The van der Waals surface area contributed by atoms with Gasteiger partial charge in [-0.1, -0.05) is 6.92 Å². The Hall–Kier alpha value is -1.33. The van der Waals surface area contributed by atoms with Crippen LogP contribution in [0.2, 0.25) is 0 Å². The number of nitrogens with one attached hydrogen (secondary N) is 3. The van der Waals surface area contributed by atoms with Crippen LogP contribution in [0.25, 0.3) is 0 Å². The highest BCUT2D eigenvalue weighted by atomic mass is 35.5. The maximum absolute atomic E-state index is 12.0. The Kier molecular flexibility index (Phi) is 7.41. The first-order valence-electron chi connectivity index (χ1n) is 6.18. The van der Waals surface area contributed by atoms with Crippen molar-refractivity contribution in [3.8, 4) is 0 Å². The summed E-state index contributed by atoms with van der Waals surface area (Å²) in [5.41, 5.74) is 2.73. The van der Waals surface area contributed by atoms with Crippen molar-refractivity contribution in [2.45, 2.75) is 27.2 Å². The van der Waals surface area contributed by atoms with E-state index in [0.29, 0.717) is 30.8 Å². The van der Waals surface area contributed by atoms with Crippen LogP contribution < -0.4 is 10.6 Å². The molecule has 0 radical (unpaired) electrons. The second kappa shape index (κ2) is 7.96. The Morgan fingerprint density at radius 1 is 1.26 bits per heavy atom. The van der Waals surface area contributed by atoms with Gasteiger partial charge >= 0.3 is 0 Å². The number of rotatable bonds is 6. The molecule has 0 bridgehead atoms. The molecule has 0 atom stereocenters. The Bertz CT molecular complexity index is 455. The van der Waals surface area contributed by atoms with Crippen molar-refractivity contribution < 1.29 is 9.59 Å². The van der Waals surface area contributed by atoms with Gasteiger partial charge in [-0.2, -0.15) is 0 Å². The van der Waals surface area contributed by atoms with E-state index >= 15 is 0 Å². The fourth-order valence-corrected chi connectivity index (χ4v) is 2.09. The number of carbonyl (C=O) groups excluding carboxylic acids is 2. The maximum Gasteiger partial charge on any atom is 0.268 e. The number of carbonyl (C=O) groups is 2. The molecule has 0 unspecified atom stereocenters. The molecule has 5 nitrogen and oxygen atoms in total. The van der Waals surface area contributed by atoms with Crippen LogP contribution in [-0.4, -0.2) is 36.8 Å². The van der Waals surface area contributed by atoms with Crippen LogP contribution in [0.5, 0.6) is 0 Å². The van der Waals surface area contributed by atoms with Crippen LogP contribution >= 0.6 is 12.4 Å². The number of H-pyrrole nitrogens is 1. The zero-order valence-electron chi connectivity index (χ0n) is 11.8. The second-order valence-corrected chi connectivity index (χ2v) is 4.25. The van der Waals surface area contributed by atoms with Crippen LogP contribution in [-0.2, 0) is 6.42 Å². The second-order valence-electron chi connectivity index (χ2n) is 4.25. The van der Waals surface area contributed by atoms with Gasteiger partial charge in [0.05, 0.1) is 0 Å². The highest BCUT2D eigenvalue weighted by molar-refractivity contribution is 6.02. The summed E-state index contributed by atoms with van der Waals surface area (Å²) in [6.07, 6.45) is 0.661. The number of Topliss-reactive ketones (excluding diaryl/α,β-unsaturated/α-hetero) is 1. The number of aromatic amines is 1. The lowest BCUT2D eigenvalue weighted by molar-refractivity contribution is 0.0948.